The van der Waals surface area contributed by atoms with Crippen molar-refractivity contribution in [3.05, 3.63) is 0 Å². The van der Waals surface area contributed by atoms with Crippen molar-refractivity contribution in [2.75, 3.05) is 6.54 Å². The topological polar surface area (TPSA) is 49.4 Å². The zero-order valence-electron chi connectivity index (χ0n) is 12.9. The molecule has 19 heavy (non-hydrogen) atoms. The van der Waals surface area contributed by atoms with Crippen LogP contribution in [-0.4, -0.2) is 35.3 Å². The van der Waals surface area contributed by atoms with E-state index in [0.717, 1.165) is 12.8 Å². The molecule has 1 rings (SSSR count). The lowest BCUT2D eigenvalue weighted by Crippen LogP contribution is -2.63. The van der Waals surface area contributed by atoms with Crippen molar-refractivity contribution >= 4 is 11.8 Å². The Morgan fingerprint density at radius 2 is 1.84 bits per heavy atom. The number of carbonyl (C=O) groups is 2. The van der Waals surface area contributed by atoms with Crippen LogP contribution in [0.4, 0.5) is 0 Å². The van der Waals surface area contributed by atoms with Gasteiger partial charge in [0, 0.05) is 6.54 Å². The maximum absolute atomic E-state index is 12.5. The van der Waals surface area contributed by atoms with Crippen LogP contribution in [0.1, 0.15) is 53.9 Å². The molecule has 3 unspecified atom stereocenters. The maximum Gasteiger partial charge on any atom is 0.245 e. The Bertz CT molecular complexity index is 328. The van der Waals surface area contributed by atoms with Crippen molar-refractivity contribution in [1.82, 2.24) is 10.2 Å². The molecule has 0 radical (unpaired) electrons. The van der Waals surface area contributed by atoms with Crippen LogP contribution in [0.25, 0.3) is 0 Å². The quantitative estimate of drug-likeness (QED) is 0.802. The Balaban J connectivity index is 2.86. The summed E-state index contributed by atoms with van der Waals surface area (Å²) < 4.78 is 0. The SMILES string of the molecule is CCC(C)CN1C(=O)C(CC(C)C)NC(=O)C1CC. The first-order valence-electron chi connectivity index (χ1n) is 7.51. The third-order valence-electron chi connectivity index (χ3n) is 3.88. The molecule has 1 aliphatic rings. The molecule has 0 bridgehead atoms. The van der Waals surface area contributed by atoms with E-state index in [1.807, 2.05) is 6.92 Å². The van der Waals surface area contributed by atoms with Gasteiger partial charge in [-0.2, -0.15) is 0 Å². The molecule has 0 aliphatic carbocycles. The van der Waals surface area contributed by atoms with E-state index < -0.39 is 0 Å². The second-order valence-corrected chi connectivity index (χ2v) is 6.12. The molecule has 1 heterocycles. The monoisotopic (exact) mass is 268 g/mol. The molecule has 0 spiro atoms. The van der Waals surface area contributed by atoms with Crippen LogP contribution in [0.5, 0.6) is 0 Å². The third kappa shape index (κ3) is 3.95. The highest BCUT2D eigenvalue weighted by Gasteiger charge is 2.39. The van der Waals surface area contributed by atoms with Crippen LogP contribution < -0.4 is 5.32 Å². The van der Waals surface area contributed by atoms with Crippen LogP contribution in [0.2, 0.25) is 0 Å². The zero-order chi connectivity index (χ0) is 14.6. The normalized spacial score (nSPS) is 25.7. The number of nitrogens with one attached hydrogen (secondary N) is 1. The molecule has 1 aliphatic heterocycles. The molecule has 0 aromatic heterocycles. The first-order valence-corrected chi connectivity index (χ1v) is 7.51. The van der Waals surface area contributed by atoms with Gasteiger partial charge in [-0.25, -0.2) is 0 Å². The lowest BCUT2D eigenvalue weighted by atomic mass is 9.96. The Labute approximate surface area is 116 Å². The van der Waals surface area contributed by atoms with Crippen molar-refractivity contribution < 1.29 is 9.59 Å². The first-order chi connectivity index (χ1) is 8.90. The Morgan fingerprint density at radius 3 is 2.32 bits per heavy atom. The molecular weight excluding hydrogens is 240 g/mol. The molecule has 1 saturated heterocycles. The maximum atomic E-state index is 12.5. The Kier molecular flexibility index (Phi) is 5.83. The van der Waals surface area contributed by atoms with E-state index in [9.17, 15) is 9.59 Å². The van der Waals surface area contributed by atoms with Gasteiger partial charge in [0.2, 0.25) is 11.8 Å². The lowest BCUT2D eigenvalue weighted by molar-refractivity contribution is -0.150. The molecule has 2 amide bonds. The molecule has 110 valence electrons. The van der Waals surface area contributed by atoms with Crippen molar-refractivity contribution in [1.29, 1.82) is 0 Å². The summed E-state index contributed by atoms with van der Waals surface area (Å²) in [6.07, 6.45) is 2.43. The van der Waals surface area contributed by atoms with Gasteiger partial charge in [-0.1, -0.05) is 41.0 Å². The molecule has 0 saturated carbocycles. The Hall–Kier alpha value is -1.06. The van der Waals surface area contributed by atoms with Crippen LogP contribution in [0, 0.1) is 11.8 Å². The zero-order valence-corrected chi connectivity index (χ0v) is 12.9. The second kappa shape index (κ2) is 6.92. The van der Waals surface area contributed by atoms with E-state index in [0.29, 0.717) is 24.8 Å². The number of hydrogen-bond donors (Lipinski definition) is 1. The summed E-state index contributed by atoms with van der Waals surface area (Å²) in [4.78, 5) is 26.5. The van der Waals surface area contributed by atoms with E-state index in [1.54, 1.807) is 4.90 Å². The van der Waals surface area contributed by atoms with E-state index in [-0.39, 0.29) is 23.9 Å². The van der Waals surface area contributed by atoms with Gasteiger partial charge in [-0.15, -0.1) is 0 Å². The summed E-state index contributed by atoms with van der Waals surface area (Å²) in [5.41, 5.74) is 0. The van der Waals surface area contributed by atoms with Crippen molar-refractivity contribution in [2.45, 2.75) is 66.0 Å². The van der Waals surface area contributed by atoms with Gasteiger partial charge >= 0.3 is 0 Å². The fourth-order valence-corrected chi connectivity index (χ4v) is 2.54. The number of hydrogen-bond acceptors (Lipinski definition) is 2. The van der Waals surface area contributed by atoms with Crippen LogP contribution in [-0.2, 0) is 9.59 Å². The van der Waals surface area contributed by atoms with Gasteiger partial charge in [0.25, 0.3) is 0 Å². The van der Waals surface area contributed by atoms with Gasteiger partial charge in [0.15, 0.2) is 0 Å². The summed E-state index contributed by atoms with van der Waals surface area (Å²) in [6, 6.07) is -0.621. The molecule has 1 N–H and O–H groups in total. The van der Waals surface area contributed by atoms with E-state index in [1.165, 1.54) is 0 Å². The average molecular weight is 268 g/mol. The second-order valence-electron chi connectivity index (χ2n) is 6.12. The smallest absolute Gasteiger partial charge is 0.245 e. The number of carbonyl (C=O) groups excluding carboxylic acids is 2. The van der Waals surface area contributed by atoms with E-state index >= 15 is 0 Å². The molecule has 3 atom stereocenters. The summed E-state index contributed by atoms with van der Waals surface area (Å²) in [7, 11) is 0. The minimum Gasteiger partial charge on any atom is -0.342 e. The number of rotatable bonds is 6. The average Bonchev–Trinajstić information content (AvgIpc) is 2.34. The fraction of sp³-hybridized carbons (Fsp3) is 0.867. The minimum absolute atomic E-state index is 0.0102. The van der Waals surface area contributed by atoms with Gasteiger partial charge in [0.1, 0.15) is 12.1 Å². The fourth-order valence-electron chi connectivity index (χ4n) is 2.54. The number of nitrogens with zero attached hydrogens (tertiary/aromatic N) is 1. The van der Waals surface area contributed by atoms with Gasteiger partial charge in [0.05, 0.1) is 0 Å². The van der Waals surface area contributed by atoms with Crippen LogP contribution >= 0.6 is 0 Å². The predicted octanol–water partition coefficient (Wildman–Crippen LogP) is 2.18. The molecule has 1 fully saturated rings. The van der Waals surface area contributed by atoms with Gasteiger partial charge in [-0.3, -0.25) is 9.59 Å². The van der Waals surface area contributed by atoms with Crippen LogP contribution in [0.3, 0.4) is 0 Å². The van der Waals surface area contributed by atoms with Crippen molar-refractivity contribution in [3.8, 4) is 0 Å². The largest absolute Gasteiger partial charge is 0.342 e. The summed E-state index contributed by atoms with van der Waals surface area (Å²) in [6.45, 7) is 11.0. The van der Waals surface area contributed by atoms with E-state index in [2.05, 4.69) is 33.0 Å². The number of piperazine rings is 1. The van der Waals surface area contributed by atoms with E-state index in [4.69, 9.17) is 0 Å². The summed E-state index contributed by atoms with van der Waals surface area (Å²) in [5.74, 6) is 0.943. The molecular formula is C15H28N2O2. The molecule has 0 aromatic carbocycles. The standard InChI is InChI=1S/C15H28N2O2/c1-6-11(5)9-17-13(7-2)14(18)16-12(15(17)19)8-10(3)4/h10-13H,6-9H2,1-5H3,(H,16,18). The van der Waals surface area contributed by atoms with Crippen molar-refractivity contribution in [3.63, 3.8) is 0 Å². The third-order valence-corrected chi connectivity index (χ3v) is 3.88. The Morgan fingerprint density at radius 1 is 1.21 bits per heavy atom. The highest BCUT2D eigenvalue weighted by atomic mass is 16.2. The predicted molar refractivity (Wildman–Crippen MR) is 76.6 cm³/mol. The van der Waals surface area contributed by atoms with Gasteiger partial charge in [-0.05, 0) is 24.7 Å². The molecule has 4 heteroatoms. The molecule has 0 aromatic rings. The lowest BCUT2D eigenvalue weighted by Gasteiger charge is -2.40. The summed E-state index contributed by atoms with van der Waals surface area (Å²) in [5, 5.41) is 2.89. The van der Waals surface area contributed by atoms with Gasteiger partial charge < -0.3 is 10.2 Å². The van der Waals surface area contributed by atoms with Crippen LogP contribution in [0.15, 0.2) is 0 Å². The highest BCUT2D eigenvalue weighted by Crippen LogP contribution is 2.19. The van der Waals surface area contributed by atoms with Crippen molar-refractivity contribution in [2.24, 2.45) is 11.8 Å². The first kappa shape index (κ1) is 16.0. The highest BCUT2D eigenvalue weighted by molar-refractivity contribution is 5.96. The minimum atomic E-state index is -0.334. The molecule has 4 nitrogen and oxygen atoms in total. The number of amides is 2. The summed E-state index contributed by atoms with van der Waals surface area (Å²) >= 11 is 0.